The van der Waals surface area contributed by atoms with Crippen molar-refractivity contribution < 1.29 is 13.9 Å². The standard InChI is InChI=1S/C14H21FN2O2/c1-9-6-5-7-10(15)12(9)11(8-16)17-13(18)19-14(2,3)4/h5-7,11H,8,16H2,1-4H3,(H,17,18). The molecule has 5 heteroatoms. The summed E-state index contributed by atoms with van der Waals surface area (Å²) in [6, 6.07) is 4.14. The maximum absolute atomic E-state index is 13.8. The summed E-state index contributed by atoms with van der Waals surface area (Å²) in [5.41, 5.74) is 6.16. The third-order valence-corrected chi connectivity index (χ3v) is 2.55. The molecule has 1 rings (SSSR count). The van der Waals surface area contributed by atoms with Crippen molar-refractivity contribution in [3.8, 4) is 0 Å². The van der Waals surface area contributed by atoms with Crippen LogP contribution in [0.1, 0.15) is 37.9 Å². The molecule has 1 amide bonds. The van der Waals surface area contributed by atoms with Gasteiger partial charge < -0.3 is 15.8 Å². The highest BCUT2D eigenvalue weighted by Crippen LogP contribution is 2.21. The summed E-state index contributed by atoms with van der Waals surface area (Å²) < 4.78 is 19.0. The lowest BCUT2D eigenvalue weighted by molar-refractivity contribution is 0.0504. The van der Waals surface area contributed by atoms with Crippen LogP contribution in [0, 0.1) is 12.7 Å². The molecule has 0 aliphatic carbocycles. The fourth-order valence-corrected chi connectivity index (χ4v) is 1.78. The fraction of sp³-hybridized carbons (Fsp3) is 0.500. The number of halogens is 1. The van der Waals surface area contributed by atoms with Crippen molar-refractivity contribution in [1.82, 2.24) is 5.32 Å². The highest BCUT2D eigenvalue weighted by Gasteiger charge is 2.22. The van der Waals surface area contributed by atoms with E-state index in [-0.39, 0.29) is 12.4 Å². The van der Waals surface area contributed by atoms with E-state index in [4.69, 9.17) is 10.5 Å². The average Bonchev–Trinajstić information content (AvgIpc) is 2.24. The second kappa shape index (κ2) is 6.02. The number of carbonyl (C=O) groups is 1. The van der Waals surface area contributed by atoms with E-state index >= 15 is 0 Å². The van der Waals surface area contributed by atoms with Crippen molar-refractivity contribution in [3.05, 3.63) is 35.1 Å². The van der Waals surface area contributed by atoms with Gasteiger partial charge in [-0.2, -0.15) is 0 Å². The Morgan fingerprint density at radius 3 is 2.58 bits per heavy atom. The van der Waals surface area contributed by atoms with Crippen LogP contribution < -0.4 is 11.1 Å². The Bertz CT molecular complexity index is 435. The first-order valence-corrected chi connectivity index (χ1v) is 6.19. The quantitative estimate of drug-likeness (QED) is 0.885. The Morgan fingerprint density at radius 2 is 2.11 bits per heavy atom. The molecule has 1 aromatic carbocycles. The van der Waals surface area contributed by atoms with Crippen molar-refractivity contribution in [2.75, 3.05) is 6.54 Å². The Morgan fingerprint density at radius 1 is 1.47 bits per heavy atom. The third-order valence-electron chi connectivity index (χ3n) is 2.55. The molecule has 1 unspecified atom stereocenters. The van der Waals surface area contributed by atoms with Gasteiger partial charge in [0.25, 0.3) is 0 Å². The molecule has 3 N–H and O–H groups in total. The summed E-state index contributed by atoms with van der Waals surface area (Å²) in [7, 11) is 0. The molecular weight excluding hydrogens is 247 g/mol. The summed E-state index contributed by atoms with van der Waals surface area (Å²) in [5.74, 6) is -0.383. The minimum absolute atomic E-state index is 0.0982. The SMILES string of the molecule is Cc1cccc(F)c1C(CN)NC(=O)OC(C)(C)C. The van der Waals surface area contributed by atoms with E-state index in [2.05, 4.69) is 5.32 Å². The predicted octanol–water partition coefficient (Wildman–Crippen LogP) is 2.66. The second-order valence-corrected chi connectivity index (χ2v) is 5.40. The normalized spacial score (nSPS) is 12.9. The number of carbonyl (C=O) groups excluding carboxylic acids is 1. The van der Waals surface area contributed by atoms with E-state index in [1.807, 2.05) is 0 Å². The van der Waals surface area contributed by atoms with Gasteiger partial charge in [-0.25, -0.2) is 9.18 Å². The van der Waals surface area contributed by atoms with Crippen LogP contribution in [0.4, 0.5) is 9.18 Å². The molecule has 0 spiro atoms. The van der Waals surface area contributed by atoms with Crippen LogP contribution >= 0.6 is 0 Å². The molecule has 1 atom stereocenters. The summed E-state index contributed by atoms with van der Waals surface area (Å²) >= 11 is 0. The third kappa shape index (κ3) is 4.52. The molecule has 0 aromatic heterocycles. The zero-order valence-corrected chi connectivity index (χ0v) is 11.8. The molecule has 0 radical (unpaired) electrons. The topological polar surface area (TPSA) is 64.3 Å². The lowest BCUT2D eigenvalue weighted by Gasteiger charge is -2.24. The van der Waals surface area contributed by atoms with Gasteiger partial charge in [-0.1, -0.05) is 12.1 Å². The van der Waals surface area contributed by atoms with E-state index in [1.165, 1.54) is 6.07 Å². The molecule has 0 fully saturated rings. The molecule has 0 saturated heterocycles. The van der Waals surface area contributed by atoms with Crippen LogP contribution in [0.25, 0.3) is 0 Å². The average molecular weight is 268 g/mol. The predicted molar refractivity (Wildman–Crippen MR) is 72.3 cm³/mol. The Kier molecular flexibility index (Phi) is 4.89. The largest absolute Gasteiger partial charge is 0.444 e. The number of aryl methyl sites for hydroxylation is 1. The number of nitrogens with two attached hydrogens (primary N) is 1. The van der Waals surface area contributed by atoms with Crippen molar-refractivity contribution >= 4 is 6.09 Å². The number of alkyl carbamates (subject to hydrolysis) is 1. The van der Waals surface area contributed by atoms with Gasteiger partial charge in [0.2, 0.25) is 0 Å². The van der Waals surface area contributed by atoms with E-state index in [0.717, 1.165) is 5.56 Å². The molecule has 1 aromatic rings. The molecule has 0 bridgehead atoms. The zero-order valence-electron chi connectivity index (χ0n) is 11.8. The minimum atomic E-state index is -0.606. The molecule has 4 nitrogen and oxygen atoms in total. The summed E-state index contributed by atoms with van der Waals surface area (Å²) in [4.78, 5) is 11.7. The van der Waals surface area contributed by atoms with Crippen LogP contribution in [0.3, 0.4) is 0 Å². The van der Waals surface area contributed by atoms with Gasteiger partial charge in [0.1, 0.15) is 11.4 Å². The summed E-state index contributed by atoms with van der Waals surface area (Å²) in [6.07, 6.45) is -0.606. The van der Waals surface area contributed by atoms with Crippen LogP contribution in [-0.4, -0.2) is 18.2 Å². The molecular formula is C14H21FN2O2. The Labute approximate surface area is 113 Å². The Hall–Kier alpha value is -1.62. The van der Waals surface area contributed by atoms with Gasteiger partial charge in [-0.05, 0) is 39.3 Å². The first-order valence-electron chi connectivity index (χ1n) is 6.19. The lowest BCUT2D eigenvalue weighted by Crippen LogP contribution is -2.38. The van der Waals surface area contributed by atoms with Gasteiger partial charge in [0.15, 0.2) is 0 Å². The van der Waals surface area contributed by atoms with E-state index in [9.17, 15) is 9.18 Å². The highest BCUT2D eigenvalue weighted by atomic mass is 19.1. The number of rotatable bonds is 3. The van der Waals surface area contributed by atoms with Crippen LogP contribution in [-0.2, 0) is 4.74 Å². The van der Waals surface area contributed by atoms with Crippen molar-refractivity contribution in [2.45, 2.75) is 39.3 Å². The minimum Gasteiger partial charge on any atom is -0.444 e. The van der Waals surface area contributed by atoms with Gasteiger partial charge in [0, 0.05) is 12.1 Å². The number of ether oxygens (including phenoxy) is 1. The van der Waals surface area contributed by atoms with Gasteiger partial charge in [-0.3, -0.25) is 0 Å². The van der Waals surface area contributed by atoms with Gasteiger partial charge in [0.05, 0.1) is 6.04 Å². The number of hydrogen-bond acceptors (Lipinski definition) is 3. The van der Waals surface area contributed by atoms with Crippen molar-refractivity contribution in [1.29, 1.82) is 0 Å². The zero-order chi connectivity index (χ0) is 14.6. The van der Waals surface area contributed by atoms with Crippen LogP contribution in [0.5, 0.6) is 0 Å². The van der Waals surface area contributed by atoms with Crippen molar-refractivity contribution in [2.24, 2.45) is 5.73 Å². The maximum atomic E-state index is 13.8. The van der Waals surface area contributed by atoms with Gasteiger partial charge in [-0.15, -0.1) is 0 Å². The first-order chi connectivity index (χ1) is 8.74. The molecule has 0 aliphatic heterocycles. The van der Waals surface area contributed by atoms with Crippen molar-refractivity contribution in [3.63, 3.8) is 0 Å². The maximum Gasteiger partial charge on any atom is 0.408 e. The number of benzene rings is 1. The van der Waals surface area contributed by atoms with E-state index in [0.29, 0.717) is 5.56 Å². The van der Waals surface area contributed by atoms with E-state index in [1.54, 1.807) is 39.8 Å². The summed E-state index contributed by atoms with van der Waals surface area (Å²) in [6.45, 7) is 7.16. The molecule has 0 saturated carbocycles. The molecule has 106 valence electrons. The first kappa shape index (κ1) is 15.4. The van der Waals surface area contributed by atoms with E-state index < -0.39 is 17.7 Å². The number of hydrogen-bond donors (Lipinski definition) is 2. The van der Waals surface area contributed by atoms with Gasteiger partial charge >= 0.3 is 6.09 Å². The monoisotopic (exact) mass is 268 g/mol. The smallest absolute Gasteiger partial charge is 0.408 e. The molecule has 0 aliphatic rings. The summed E-state index contributed by atoms with van der Waals surface area (Å²) in [5, 5.41) is 2.60. The number of nitrogens with one attached hydrogen (secondary N) is 1. The second-order valence-electron chi connectivity index (χ2n) is 5.40. The lowest BCUT2D eigenvalue weighted by atomic mass is 10.0. The molecule has 19 heavy (non-hydrogen) atoms. The number of amides is 1. The highest BCUT2D eigenvalue weighted by molar-refractivity contribution is 5.68. The Balaban J connectivity index is 2.87. The van der Waals surface area contributed by atoms with Crippen LogP contribution in [0.2, 0.25) is 0 Å². The molecule has 0 heterocycles. The van der Waals surface area contributed by atoms with Crippen LogP contribution in [0.15, 0.2) is 18.2 Å². The fourth-order valence-electron chi connectivity index (χ4n) is 1.78.